The van der Waals surface area contributed by atoms with Gasteiger partial charge in [0.05, 0.1) is 0 Å². The van der Waals surface area contributed by atoms with Gasteiger partial charge in [-0.3, -0.25) is 9.59 Å². The molecule has 3 N–H and O–H groups in total. The van der Waals surface area contributed by atoms with Crippen LogP contribution in [0.4, 0.5) is 0 Å². The third-order valence-corrected chi connectivity index (χ3v) is 2.47. The van der Waals surface area contributed by atoms with Crippen LogP contribution >= 0.6 is 0 Å². The van der Waals surface area contributed by atoms with Gasteiger partial charge in [-0.05, 0) is 26.8 Å². The molecule has 1 rings (SSSR count). The fourth-order valence-corrected chi connectivity index (χ4v) is 1.52. The number of nitrogens with zero attached hydrogens (tertiary/aromatic N) is 1. The lowest BCUT2D eigenvalue weighted by molar-refractivity contribution is -0.121. The summed E-state index contributed by atoms with van der Waals surface area (Å²) in [6.07, 6.45) is 3.50. The molecule has 1 saturated heterocycles. The number of carbonyl (C=O) groups excluding carboxylic acids is 2. The predicted molar refractivity (Wildman–Crippen MR) is 54.6 cm³/mol. The molecule has 0 aromatic carbocycles. The number of nitrogens with one attached hydrogen (secondary N) is 1. The molecule has 0 aromatic rings. The Labute approximate surface area is 84.6 Å². The van der Waals surface area contributed by atoms with Crippen LogP contribution in [0.25, 0.3) is 0 Å². The molecule has 5 heteroatoms. The molecule has 2 atom stereocenters. The molecule has 1 fully saturated rings. The van der Waals surface area contributed by atoms with Gasteiger partial charge in [-0.1, -0.05) is 0 Å². The van der Waals surface area contributed by atoms with Gasteiger partial charge in [0.2, 0.25) is 12.8 Å². The molecule has 82 valence electrons. The van der Waals surface area contributed by atoms with Crippen LogP contribution in [0.1, 0.15) is 19.8 Å². The molecule has 2 amide bonds. The van der Waals surface area contributed by atoms with Gasteiger partial charge in [-0.25, -0.2) is 0 Å². The lowest BCUT2D eigenvalue weighted by atomic mass is 10.0. The highest BCUT2D eigenvalue weighted by atomic mass is 16.1. The zero-order valence-corrected chi connectivity index (χ0v) is 8.77. The van der Waals surface area contributed by atoms with Crippen LogP contribution < -0.4 is 11.1 Å². The topological polar surface area (TPSA) is 75.4 Å². The molecular weight excluding hydrogens is 182 g/mol. The highest BCUT2D eigenvalue weighted by molar-refractivity contribution is 5.48. The van der Waals surface area contributed by atoms with E-state index < -0.39 is 0 Å². The smallest absolute Gasteiger partial charge is 0.209 e. The molecule has 0 saturated carbocycles. The van der Waals surface area contributed by atoms with E-state index in [1.807, 2.05) is 11.9 Å². The Morgan fingerprint density at radius 3 is 2.43 bits per heavy atom. The maximum Gasteiger partial charge on any atom is 0.209 e. The Hall–Kier alpha value is -1.10. The summed E-state index contributed by atoms with van der Waals surface area (Å²) in [6, 6.07) is 0.925. The van der Waals surface area contributed by atoms with Gasteiger partial charge in [0.15, 0.2) is 0 Å². The summed E-state index contributed by atoms with van der Waals surface area (Å²) in [6.45, 7) is 2.96. The van der Waals surface area contributed by atoms with E-state index in [2.05, 4.69) is 18.0 Å². The highest BCUT2D eigenvalue weighted by Crippen LogP contribution is 2.14. The summed E-state index contributed by atoms with van der Waals surface area (Å²) >= 11 is 0. The van der Waals surface area contributed by atoms with E-state index in [4.69, 9.17) is 4.79 Å². The largest absolute Gasteiger partial charge is 0.372 e. The Bertz CT molecular complexity index is 175. The second-order valence-corrected chi connectivity index (χ2v) is 3.35. The van der Waals surface area contributed by atoms with Crippen LogP contribution in [0, 0.1) is 0 Å². The minimum Gasteiger partial charge on any atom is -0.372 e. The summed E-state index contributed by atoms with van der Waals surface area (Å²) in [5.41, 5.74) is 4.17. The van der Waals surface area contributed by atoms with Crippen molar-refractivity contribution in [3.63, 3.8) is 0 Å². The third kappa shape index (κ3) is 4.23. The fraction of sp³-hybridized carbons (Fsp3) is 0.778. The van der Waals surface area contributed by atoms with Crippen LogP contribution in [0.5, 0.6) is 0 Å². The summed E-state index contributed by atoms with van der Waals surface area (Å²) in [7, 11) is 1.95. The molecule has 0 spiro atoms. The van der Waals surface area contributed by atoms with Crippen LogP contribution in [0.15, 0.2) is 0 Å². The number of likely N-dealkylation sites (N-methyl/N-ethyl adjacent to an activating group) is 1. The molecule has 0 aliphatic carbocycles. The zero-order chi connectivity index (χ0) is 11.0. The molecule has 0 bridgehead atoms. The van der Waals surface area contributed by atoms with E-state index in [1.54, 1.807) is 0 Å². The normalized spacial score (nSPS) is 26.0. The van der Waals surface area contributed by atoms with Crippen LogP contribution in [0.3, 0.4) is 0 Å². The summed E-state index contributed by atoms with van der Waals surface area (Å²) < 4.78 is 0. The molecular formula is C9H19N3O2. The maximum absolute atomic E-state index is 10.5. The minimum atomic E-state index is 0.250. The first-order valence-electron chi connectivity index (χ1n) is 4.73. The number of amides is 2. The van der Waals surface area contributed by atoms with E-state index in [0.717, 1.165) is 19.4 Å². The van der Waals surface area contributed by atoms with E-state index in [-0.39, 0.29) is 6.41 Å². The lowest BCUT2D eigenvalue weighted by Crippen LogP contribution is -2.47. The number of piperidine rings is 1. The summed E-state index contributed by atoms with van der Waals surface area (Å²) in [5.74, 6) is 0. The van der Waals surface area contributed by atoms with Gasteiger partial charge in [0, 0.05) is 18.6 Å². The predicted octanol–water partition coefficient (Wildman–Crippen LogP) is -0.683. The maximum atomic E-state index is 10.5. The summed E-state index contributed by atoms with van der Waals surface area (Å²) in [5, 5.41) is 3.19. The number of nitrogens with two attached hydrogens (primary N) is 1. The zero-order valence-electron chi connectivity index (χ0n) is 8.77. The van der Waals surface area contributed by atoms with E-state index in [1.165, 1.54) is 6.42 Å². The lowest BCUT2D eigenvalue weighted by Gasteiger charge is -2.35. The number of hydrogen-bond acceptors (Lipinski definition) is 3. The standard InChI is InChI=1S/C8H16N2O.CH3NO/c1-7-3-4-8(9-2)5-10(7)6-11;2-1-3/h6-9H,3-5H2,1-2H3;1H,(H2,2,3). The Morgan fingerprint density at radius 2 is 2.00 bits per heavy atom. The van der Waals surface area contributed by atoms with Crippen molar-refractivity contribution in [2.45, 2.75) is 31.8 Å². The average Bonchev–Trinajstić information content (AvgIpc) is 2.20. The van der Waals surface area contributed by atoms with Crippen molar-refractivity contribution in [1.82, 2.24) is 10.2 Å². The first-order valence-corrected chi connectivity index (χ1v) is 4.73. The first-order chi connectivity index (χ1) is 6.69. The van der Waals surface area contributed by atoms with Gasteiger partial charge in [0.1, 0.15) is 0 Å². The quantitative estimate of drug-likeness (QED) is 0.581. The van der Waals surface area contributed by atoms with Gasteiger partial charge in [-0.2, -0.15) is 0 Å². The first kappa shape index (κ1) is 12.9. The Morgan fingerprint density at radius 1 is 1.43 bits per heavy atom. The monoisotopic (exact) mass is 201 g/mol. The number of primary amides is 1. The van der Waals surface area contributed by atoms with E-state index >= 15 is 0 Å². The van der Waals surface area contributed by atoms with Gasteiger partial charge >= 0.3 is 0 Å². The van der Waals surface area contributed by atoms with Crippen molar-refractivity contribution in [2.75, 3.05) is 13.6 Å². The SMILES string of the molecule is CNC1CCC(C)N(C=O)C1.NC=O. The van der Waals surface area contributed by atoms with E-state index in [9.17, 15) is 4.79 Å². The highest BCUT2D eigenvalue weighted by Gasteiger charge is 2.22. The molecule has 1 aliphatic rings. The molecule has 0 aromatic heterocycles. The van der Waals surface area contributed by atoms with Crippen molar-refractivity contribution in [3.8, 4) is 0 Å². The van der Waals surface area contributed by atoms with Gasteiger partial charge in [0.25, 0.3) is 0 Å². The molecule has 2 unspecified atom stereocenters. The van der Waals surface area contributed by atoms with Crippen LogP contribution in [-0.2, 0) is 9.59 Å². The second-order valence-electron chi connectivity index (χ2n) is 3.35. The second kappa shape index (κ2) is 7.32. The average molecular weight is 201 g/mol. The molecule has 0 radical (unpaired) electrons. The number of hydrogen-bond donors (Lipinski definition) is 2. The molecule has 5 nitrogen and oxygen atoms in total. The minimum absolute atomic E-state index is 0.250. The Balaban J connectivity index is 0.000000500. The van der Waals surface area contributed by atoms with Crippen molar-refractivity contribution >= 4 is 12.8 Å². The number of likely N-dealkylation sites (tertiary alicyclic amines) is 1. The fourth-order valence-electron chi connectivity index (χ4n) is 1.52. The van der Waals surface area contributed by atoms with Crippen LogP contribution in [0.2, 0.25) is 0 Å². The van der Waals surface area contributed by atoms with Crippen LogP contribution in [-0.4, -0.2) is 43.4 Å². The number of rotatable bonds is 2. The van der Waals surface area contributed by atoms with Crippen molar-refractivity contribution < 1.29 is 9.59 Å². The molecule has 14 heavy (non-hydrogen) atoms. The van der Waals surface area contributed by atoms with Gasteiger partial charge < -0.3 is 16.0 Å². The van der Waals surface area contributed by atoms with Crippen molar-refractivity contribution in [3.05, 3.63) is 0 Å². The third-order valence-electron chi connectivity index (χ3n) is 2.47. The molecule has 1 aliphatic heterocycles. The summed E-state index contributed by atoms with van der Waals surface area (Å²) in [4.78, 5) is 21.0. The van der Waals surface area contributed by atoms with Crippen molar-refractivity contribution in [2.24, 2.45) is 5.73 Å². The molecule has 1 heterocycles. The van der Waals surface area contributed by atoms with Crippen molar-refractivity contribution in [1.29, 1.82) is 0 Å². The van der Waals surface area contributed by atoms with Gasteiger partial charge in [-0.15, -0.1) is 0 Å². The van der Waals surface area contributed by atoms with E-state index in [0.29, 0.717) is 12.1 Å². The Kier molecular flexibility index (Phi) is 6.74. The number of carbonyl (C=O) groups is 2.